The highest BCUT2D eigenvalue weighted by Gasteiger charge is 2.71. The lowest BCUT2D eigenvalue weighted by atomic mass is 9.77. The average molecular weight is 500 g/mol. The second-order valence-corrected chi connectivity index (χ2v) is 9.93. The first-order valence-corrected chi connectivity index (χ1v) is 12.6. The van der Waals surface area contributed by atoms with Crippen LogP contribution in [0.4, 0.5) is 5.69 Å². The van der Waals surface area contributed by atoms with Gasteiger partial charge >= 0.3 is 0 Å². The summed E-state index contributed by atoms with van der Waals surface area (Å²) in [5.74, 6) is -2.17. The standard InChI is InChI=1S/C26H30ClN3O5/c1-2-12-28-13-3-6-19-20(23(28)32)21-24(33)30(15-5-16-31)22-25(34)29(14-4-11-26(21,22)35-19)18-9-7-17(27)8-10-18/h3-4,6-11,19-22,31H,2,5,12-16H2,1H3/t19-,20+,21-,22?,26-/m0/s1. The maximum atomic E-state index is 14.1. The number of aliphatic hydroxyl groups is 1. The van der Waals surface area contributed by atoms with Gasteiger partial charge in [0.2, 0.25) is 11.8 Å². The SMILES string of the molecule is CCCN1CC=C[C@@H]2O[C@]34C=CCN(c5ccc(Cl)cc5)C(=O)C3N(CCCO)C(=O)[C@@H]4[C@@H]2C1=O. The fraction of sp³-hybridized carbons (Fsp3) is 0.500. The number of likely N-dealkylation sites (tertiary alicyclic amines) is 1. The van der Waals surface area contributed by atoms with E-state index < -0.39 is 29.6 Å². The van der Waals surface area contributed by atoms with Gasteiger partial charge in [0.25, 0.3) is 5.91 Å². The number of carbonyl (C=O) groups is 3. The van der Waals surface area contributed by atoms with Crippen molar-refractivity contribution in [3.8, 4) is 0 Å². The highest BCUT2D eigenvalue weighted by Crippen LogP contribution is 2.53. The van der Waals surface area contributed by atoms with E-state index in [9.17, 15) is 19.5 Å². The number of amides is 3. The van der Waals surface area contributed by atoms with E-state index in [2.05, 4.69) is 0 Å². The number of aliphatic hydroxyl groups excluding tert-OH is 1. The van der Waals surface area contributed by atoms with Crippen LogP contribution in [0.15, 0.2) is 48.6 Å². The summed E-state index contributed by atoms with van der Waals surface area (Å²) in [5, 5.41) is 10.0. The fourth-order valence-corrected chi connectivity index (χ4v) is 6.12. The molecule has 3 amide bonds. The Balaban J connectivity index is 1.58. The van der Waals surface area contributed by atoms with Crippen LogP contribution >= 0.6 is 11.6 Å². The molecule has 0 bridgehead atoms. The van der Waals surface area contributed by atoms with Gasteiger partial charge in [0.1, 0.15) is 11.6 Å². The zero-order valence-electron chi connectivity index (χ0n) is 19.7. The topological polar surface area (TPSA) is 90.4 Å². The second kappa shape index (κ2) is 9.41. The minimum atomic E-state index is -1.25. The van der Waals surface area contributed by atoms with Crippen LogP contribution in [0, 0.1) is 11.8 Å². The molecule has 1 aromatic carbocycles. The van der Waals surface area contributed by atoms with Crippen molar-refractivity contribution >= 4 is 35.0 Å². The Bertz CT molecular complexity index is 1070. The molecule has 2 fully saturated rings. The van der Waals surface area contributed by atoms with Crippen molar-refractivity contribution in [2.24, 2.45) is 11.8 Å². The van der Waals surface area contributed by atoms with Crippen LogP contribution in [0.2, 0.25) is 5.02 Å². The van der Waals surface area contributed by atoms with Crippen LogP contribution in [0.1, 0.15) is 19.8 Å². The number of anilines is 1. The molecule has 9 heteroatoms. The van der Waals surface area contributed by atoms with Gasteiger partial charge in [0.15, 0.2) is 0 Å². The lowest BCUT2D eigenvalue weighted by molar-refractivity contribution is -0.144. The molecule has 1 N–H and O–H groups in total. The van der Waals surface area contributed by atoms with Gasteiger partial charge in [-0.25, -0.2) is 0 Å². The van der Waals surface area contributed by atoms with Gasteiger partial charge in [-0.3, -0.25) is 14.4 Å². The number of ether oxygens (including phenoxy) is 1. The van der Waals surface area contributed by atoms with E-state index >= 15 is 0 Å². The zero-order chi connectivity index (χ0) is 24.7. The number of benzene rings is 1. The number of rotatable bonds is 6. The lowest BCUT2D eigenvalue weighted by Crippen LogP contribution is -2.55. The number of nitrogens with zero attached hydrogens (tertiary/aromatic N) is 3. The van der Waals surface area contributed by atoms with Crippen molar-refractivity contribution in [1.82, 2.24) is 9.80 Å². The normalized spacial score (nSPS) is 32.0. The molecule has 5 atom stereocenters. The Morgan fingerprint density at radius 2 is 1.83 bits per heavy atom. The predicted molar refractivity (Wildman–Crippen MR) is 131 cm³/mol. The second-order valence-electron chi connectivity index (χ2n) is 9.49. The van der Waals surface area contributed by atoms with E-state index in [-0.39, 0.29) is 30.9 Å². The van der Waals surface area contributed by atoms with Gasteiger partial charge in [0.05, 0.1) is 17.9 Å². The Kier molecular flexibility index (Phi) is 6.46. The molecule has 1 unspecified atom stereocenters. The molecule has 0 radical (unpaired) electrons. The number of carbonyl (C=O) groups excluding carboxylic acids is 3. The predicted octanol–water partition coefficient (Wildman–Crippen LogP) is 2.01. The Labute approximate surface area is 209 Å². The molecule has 0 saturated carbocycles. The summed E-state index contributed by atoms with van der Waals surface area (Å²) >= 11 is 6.05. The molecule has 4 aliphatic rings. The summed E-state index contributed by atoms with van der Waals surface area (Å²) in [6.07, 6.45) is 8.02. The monoisotopic (exact) mass is 499 g/mol. The molecule has 35 heavy (non-hydrogen) atoms. The molecule has 0 aromatic heterocycles. The molecule has 2 saturated heterocycles. The van der Waals surface area contributed by atoms with Crippen LogP contribution in [0.5, 0.6) is 0 Å². The highest BCUT2D eigenvalue weighted by molar-refractivity contribution is 6.30. The number of hydrogen-bond acceptors (Lipinski definition) is 5. The van der Waals surface area contributed by atoms with Crippen LogP contribution in [-0.4, -0.2) is 83.2 Å². The summed E-state index contributed by atoms with van der Waals surface area (Å²) in [4.78, 5) is 46.6. The summed E-state index contributed by atoms with van der Waals surface area (Å²) in [6, 6.07) is 6.04. The molecule has 186 valence electrons. The fourth-order valence-electron chi connectivity index (χ4n) is 5.99. The minimum Gasteiger partial charge on any atom is -0.396 e. The van der Waals surface area contributed by atoms with Gasteiger partial charge in [0, 0.05) is 43.5 Å². The Hall–Kier alpha value is -2.68. The van der Waals surface area contributed by atoms with Gasteiger partial charge < -0.3 is 24.5 Å². The molecule has 4 aliphatic heterocycles. The molecule has 1 spiro atoms. The molecular formula is C26H30ClN3O5. The van der Waals surface area contributed by atoms with E-state index in [0.29, 0.717) is 36.8 Å². The van der Waals surface area contributed by atoms with Gasteiger partial charge in [-0.15, -0.1) is 0 Å². The van der Waals surface area contributed by atoms with Crippen molar-refractivity contribution < 1.29 is 24.2 Å². The number of halogens is 1. The van der Waals surface area contributed by atoms with Crippen molar-refractivity contribution in [1.29, 1.82) is 0 Å². The van der Waals surface area contributed by atoms with Crippen LogP contribution < -0.4 is 4.90 Å². The third kappa shape index (κ3) is 3.79. The quantitative estimate of drug-likeness (QED) is 0.605. The van der Waals surface area contributed by atoms with Gasteiger partial charge in [-0.1, -0.05) is 42.8 Å². The van der Waals surface area contributed by atoms with Gasteiger partial charge in [-0.05, 0) is 37.1 Å². The molecule has 4 heterocycles. The number of hydrogen-bond donors (Lipinski definition) is 1. The Morgan fingerprint density at radius 1 is 1.06 bits per heavy atom. The first-order valence-electron chi connectivity index (χ1n) is 12.2. The zero-order valence-corrected chi connectivity index (χ0v) is 20.4. The highest BCUT2D eigenvalue weighted by atomic mass is 35.5. The first kappa shape index (κ1) is 24.0. The Morgan fingerprint density at radius 3 is 2.54 bits per heavy atom. The third-order valence-corrected chi connectivity index (χ3v) is 7.68. The van der Waals surface area contributed by atoms with Crippen molar-refractivity contribution in [2.45, 2.75) is 37.5 Å². The van der Waals surface area contributed by atoms with E-state index in [1.165, 1.54) is 4.90 Å². The summed E-state index contributed by atoms with van der Waals surface area (Å²) < 4.78 is 6.58. The lowest BCUT2D eigenvalue weighted by Gasteiger charge is -2.35. The molecular weight excluding hydrogens is 470 g/mol. The van der Waals surface area contributed by atoms with Crippen molar-refractivity contribution in [3.63, 3.8) is 0 Å². The third-order valence-electron chi connectivity index (χ3n) is 7.43. The van der Waals surface area contributed by atoms with Crippen molar-refractivity contribution in [3.05, 3.63) is 53.6 Å². The van der Waals surface area contributed by atoms with E-state index in [0.717, 1.165) is 6.42 Å². The summed E-state index contributed by atoms with van der Waals surface area (Å²) in [5.41, 5.74) is -0.591. The smallest absolute Gasteiger partial charge is 0.253 e. The first-order chi connectivity index (χ1) is 16.9. The van der Waals surface area contributed by atoms with Gasteiger partial charge in [-0.2, -0.15) is 0 Å². The van der Waals surface area contributed by atoms with E-state index in [1.807, 2.05) is 31.2 Å². The number of fused-ring (bicyclic) bond motifs is 2. The van der Waals surface area contributed by atoms with Crippen molar-refractivity contribution in [2.75, 3.05) is 37.7 Å². The average Bonchev–Trinajstić information content (AvgIpc) is 3.16. The summed E-state index contributed by atoms with van der Waals surface area (Å²) in [7, 11) is 0. The van der Waals surface area contributed by atoms with Crippen LogP contribution in [0.3, 0.4) is 0 Å². The van der Waals surface area contributed by atoms with E-state index in [4.69, 9.17) is 16.3 Å². The van der Waals surface area contributed by atoms with Crippen LogP contribution in [-0.2, 0) is 19.1 Å². The largest absolute Gasteiger partial charge is 0.396 e. The minimum absolute atomic E-state index is 0.112. The maximum absolute atomic E-state index is 14.1. The van der Waals surface area contributed by atoms with E-state index in [1.54, 1.807) is 34.1 Å². The van der Waals surface area contributed by atoms with Crippen LogP contribution in [0.25, 0.3) is 0 Å². The molecule has 1 aromatic rings. The summed E-state index contributed by atoms with van der Waals surface area (Å²) in [6.45, 7) is 3.48. The molecule has 0 aliphatic carbocycles. The molecule has 8 nitrogen and oxygen atoms in total. The molecule has 5 rings (SSSR count). The maximum Gasteiger partial charge on any atom is 0.253 e.